The fourth-order valence-electron chi connectivity index (χ4n) is 3.04. The van der Waals surface area contributed by atoms with Crippen LogP contribution in [0.15, 0.2) is 36.4 Å². The van der Waals surface area contributed by atoms with Crippen LogP contribution in [0, 0.1) is 5.92 Å². The molecule has 5 nitrogen and oxygen atoms in total. The Bertz CT molecular complexity index is 1080. The number of anilines is 2. The zero-order valence-electron chi connectivity index (χ0n) is 15.1. The SMILES string of the molecule is COc1cccc2sc(N3CC(C(=O)Nc4cc(C(F)(F)F)ccc4Cl)C3)nc12. The number of amides is 1. The topological polar surface area (TPSA) is 54.5 Å². The summed E-state index contributed by atoms with van der Waals surface area (Å²) in [5.74, 6) is -0.0605. The maximum absolute atomic E-state index is 12.9. The maximum Gasteiger partial charge on any atom is 0.416 e. The Morgan fingerprint density at radius 3 is 2.76 bits per heavy atom. The summed E-state index contributed by atoms with van der Waals surface area (Å²) in [6, 6.07) is 8.51. The first-order chi connectivity index (χ1) is 13.8. The normalized spacial score (nSPS) is 14.7. The van der Waals surface area contributed by atoms with Gasteiger partial charge in [-0.2, -0.15) is 13.2 Å². The number of halogens is 4. The summed E-state index contributed by atoms with van der Waals surface area (Å²) in [4.78, 5) is 19.0. The molecule has 2 aromatic carbocycles. The summed E-state index contributed by atoms with van der Waals surface area (Å²) in [7, 11) is 1.58. The number of carbonyl (C=O) groups is 1. The van der Waals surface area contributed by atoms with Crippen molar-refractivity contribution in [1.82, 2.24) is 4.98 Å². The molecule has 0 unspecified atom stereocenters. The number of nitrogens with one attached hydrogen (secondary N) is 1. The number of alkyl halides is 3. The molecule has 1 N–H and O–H groups in total. The third-order valence-corrected chi connectivity index (χ3v) is 6.08. The van der Waals surface area contributed by atoms with E-state index in [0.717, 1.165) is 33.5 Å². The van der Waals surface area contributed by atoms with Gasteiger partial charge < -0.3 is 15.0 Å². The highest BCUT2D eigenvalue weighted by atomic mass is 35.5. The van der Waals surface area contributed by atoms with E-state index in [0.29, 0.717) is 18.8 Å². The summed E-state index contributed by atoms with van der Waals surface area (Å²) in [5, 5.41) is 3.33. The second kappa shape index (κ2) is 7.38. The molecular weight excluding hydrogens is 427 g/mol. The van der Waals surface area contributed by atoms with Gasteiger partial charge >= 0.3 is 6.18 Å². The molecule has 1 aromatic heterocycles. The largest absolute Gasteiger partial charge is 0.494 e. The van der Waals surface area contributed by atoms with E-state index in [4.69, 9.17) is 16.3 Å². The fraction of sp³-hybridized carbons (Fsp3) is 0.263. The van der Waals surface area contributed by atoms with Crippen molar-refractivity contribution in [3.05, 3.63) is 47.0 Å². The molecule has 0 radical (unpaired) electrons. The Balaban J connectivity index is 1.43. The van der Waals surface area contributed by atoms with Gasteiger partial charge in [-0.3, -0.25) is 4.79 Å². The number of carbonyl (C=O) groups excluding carboxylic acids is 1. The van der Waals surface area contributed by atoms with Crippen molar-refractivity contribution in [3.8, 4) is 5.75 Å². The van der Waals surface area contributed by atoms with Gasteiger partial charge in [-0.05, 0) is 30.3 Å². The number of nitrogens with zero attached hydrogens (tertiary/aromatic N) is 2. The maximum atomic E-state index is 12.9. The van der Waals surface area contributed by atoms with Gasteiger partial charge in [-0.15, -0.1) is 0 Å². The highest BCUT2D eigenvalue weighted by Gasteiger charge is 2.36. The number of thiazole rings is 1. The molecule has 0 atom stereocenters. The van der Waals surface area contributed by atoms with E-state index in [1.54, 1.807) is 7.11 Å². The molecule has 0 aliphatic carbocycles. The van der Waals surface area contributed by atoms with Crippen molar-refractivity contribution >= 4 is 49.9 Å². The first kappa shape index (κ1) is 19.8. The smallest absolute Gasteiger partial charge is 0.416 e. The number of benzene rings is 2. The molecule has 0 saturated carbocycles. The van der Waals surface area contributed by atoms with Crippen LogP contribution in [0.25, 0.3) is 10.2 Å². The Kier molecular flexibility index (Phi) is 5.04. The van der Waals surface area contributed by atoms with Crippen LogP contribution in [0.4, 0.5) is 24.0 Å². The van der Waals surface area contributed by atoms with Crippen LogP contribution in [-0.4, -0.2) is 31.1 Å². The van der Waals surface area contributed by atoms with Gasteiger partial charge in [-0.25, -0.2) is 4.98 Å². The van der Waals surface area contributed by atoms with Crippen LogP contribution in [-0.2, 0) is 11.0 Å². The van der Waals surface area contributed by atoms with E-state index in [1.165, 1.54) is 11.3 Å². The number of rotatable bonds is 4. The summed E-state index contributed by atoms with van der Waals surface area (Å²) in [6.07, 6.45) is -4.51. The summed E-state index contributed by atoms with van der Waals surface area (Å²) < 4.78 is 44.9. The molecule has 0 spiro atoms. The summed E-state index contributed by atoms with van der Waals surface area (Å²) in [6.45, 7) is 0.842. The first-order valence-electron chi connectivity index (χ1n) is 8.62. The second-order valence-corrected chi connectivity index (χ2v) is 8.00. The molecule has 2 heterocycles. The summed E-state index contributed by atoms with van der Waals surface area (Å²) >= 11 is 7.43. The van der Waals surface area contributed by atoms with Gasteiger partial charge in [0.1, 0.15) is 11.3 Å². The first-order valence-corrected chi connectivity index (χ1v) is 9.82. The van der Waals surface area contributed by atoms with E-state index in [-0.39, 0.29) is 22.5 Å². The van der Waals surface area contributed by atoms with Crippen molar-refractivity contribution in [2.75, 3.05) is 30.4 Å². The van der Waals surface area contributed by atoms with Gasteiger partial charge in [0.2, 0.25) is 5.91 Å². The third-order valence-electron chi connectivity index (χ3n) is 4.67. The van der Waals surface area contributed by atoms with E-state index >= 15 is 0 Å². The average Bonchev–Trinajstić information content (AvgIpc) is 3.04. The van der Waals surface area contributed by atoms with E-state index in [9.17, 15) is 18.0 Å². The summed E-state index contributed by atoms with van der Waals surface area (Å²) in [5.41, 5.74) is -0.149. The molecule has 10 heteroatoms. The van der Waals surface area contributed by atoms with E-state index in [1.807, 2.05) is 23.1 Å². The number of hydrogen-bond donors (Lipinski definition) is 1. The molecule has 29 heavy (non-hydrogen) atoms. The average molecular weight is 442 g/mol. The molecule has 1 amide bonds. The highest BCUT2D eigenvalue weighted by Crippen LogP contribution is 2.37. The van der Waals surface area contributed by atoms with Crippen molar-refractivity contribution in [1.29, 1.82) is 0 Å². The molecular formula is C19H15ClF3N3O2S. The molecule has 4 rings (SSSR count). The van der Waals surface area contributed by atoms with Gasteiger partial charge in [0.15, 0.2) is 5.13 Å². The van der Waals surface area contributed by atoms with E-state index < -0.39 is 11.7 Å². The standard InChI is InChI=1S/C19H15ClF3N3O2S/c1-28-14-3-2-4-15-16(14)25-18(29-15)26-8-10(9-26)17(27)24-13-7-11(19(21,22)23)5-6-12(13)20/h2-7,10H,8-9H2,1H3,(H,24,27). The molecule has 1 fully saturated rings. The third kappa shape index (κ3) is 3.84. The zero-order valence-corrected chi connectivity index (χ0v) is 16.7. The van der Waals surface area contributed by atoms with E-state index in [2.05, 4.69) is 10.3 Å². The predicted molar refractivity (Wildman–Crippen MR) is 107 cm³/mol. The second-order valence-electron chi connectivity index (χ2n) is 6.59. The Morgan fingerprint density at radius 2 is 2.07 bits per heavy atom. The van der Waals surface area contributed by atoms with Crippen LogP contribution in [0.2, 0.25) is 5.02 Å². The van der Waals surface area contributed by atoms with Gasteiger partial charge in [-0.1, -0.05) is 29.0 Å². The lowest BCUT2D eigenvalue weighted by Gasteiger charge is -2.38. The molecule has 1 aliphatic heterocycles. The van der Waals surface area contributed by atoms with Crippen LogP contribution >= 0.6 is 22.9 Å². The quantitative estimate of drug-likeness (QED) is 0.615. The van der Waals surface area contributed by atoms with Crippen molar-refractivity contribution in [2.24, 2.45) is 5.92 Å². The minimum atomic E-state index is -4.51. The molecule has 0 bridgehead atoms. The molecule has 1 aliphatic rings. The lowest BCUT2D eigenvalue weighted by atomic mass is 10.00. The lowest BCUT2D eigenvalue weighted by molar-refractivity contribution is -0.137. The van der Waals surface area contributed by atoms with Gasteiger partial charge in [0.05, 0.1) is 34.0 Å². The highest BCUT2D eigenvalue weighted by molar-refractivity contribution is 7.22. The number of aromatic nitrogens is 1. The van der Waals surface area contributed by atoms with Gasteiger partial charge in [0.25, 0.3) is 0 Å². The predicted octanol–water partition coefficient (Wildman–Crippen LogP) is 5.05. The number of methoxy groups -OCH3 is 1. The lowest BCUT2D eigenvalue weighted by Crippen LogP contribution is -2.52. The number of hydrogen-bond acceptors (Lipinski definition) is 5. The van der Waals surface area contributed by atoms with Crippen LogP contribution < -0.4 is 15.0 Å². The minimum absolute atomic E-state index is 0.0466. The number of ether oxygens (including phenoxy) is 1. The zero-order chi connectivity index (χ0) is 20.8. The monoisotopic (exact) mass is 441 g/mol. The molecule has 152 valence electrons. The Labute approximate surface area is 173 Å². The van der Waals surface area contributed by atoms with Crippen molar-refractivity contribution < 1.29 is 22.7 Å². The van der Waals surface area contributed by atoms with Crippen LogP contribution in [0.3, 0.4) is 0 Å². The Morgan fingerprint density at radius 1 is 1.31 bits per heavy atom. The minimum Gasteiger partial charge on any atom is -0.494 e. The van der Waals surface area contributed by atoms with Gasteiger partial charge in [0, 0.05) is 13.1 Å². The van der Waals surface area contributed by atoms with Crippen LogP contribution in [0.5, 0.6) is 5.75 Å². The number of para-hydroxylation sites is 1. The van der Waals surface area contributed by atoms with Crippen molar-refractivity contribution in [2.45, 2.75) is 6.18 Å². The van der Waals surface area contributed by atoms with Crippen LogP contribution in [0.1, 0.15) is 5.56 Å². The number of fused-ring (bicyclic) bond motifs is 1. The molecule has 3 aromatic rings. The fourth-order valence-corrected chi connectivity index (χ4v) is 4.21. The van der Waals surface area contributed by atoms with Crippen molar-refractivity contribution in [3.63, 3.8) is 0 Å². The molecule has 1 saturated heterocycles. The Hall–Kier alpha value is -2.52.